The highest BCUT2D eigenvalue weighted by Gasteiger charge is 2.08. The Morgan fingerprint density at radius 1 is 1.21 bits per heavy atom. The average Bonchev–Trinajstić information content (AvgIpc) is 2.55. The third kappa shape index (κ3) is 5.43. The maximum Gasteiger partial charge on any atom is 0.243 e. The summed E-state index contributed by atoms with van der Waals surface area (Å²) in [6.07, 6.45) is 0. The zero-order valence-corrected chi connectivity index (χ0v) is 14.1. The Kier molecular flexibility index (Phi) is 6.45. The number of carbonyl (C=O) groups excluding carboxylic acids is 2. The number of benzene rings is 2. The van der Waals surface area contributed by atoms with Crippen molar-refractivity contribution in [2.24, 2.45) is 5.73 Å². The lowest BCUT2D eigenvalue weighted by Gasteiger charge is -2.11. The van der Waals surface area contributed by atoms with Crippen molar-refractivity contribution in [1.82, 2.24) is 0 Å². The molecule has 0 atom stereocenters. The monoisotopic (exact) mass is 367 g/mol. The van der Waals surface area contributed by atoms with Crippen molar-refractivity contribution >= 4 is 46.6 Å². The molecule has 0 fully saturated rings. The minimum Gasteiger partial charge on any atom is -0.375 e. The molecule has 0 aromatic heterocycles. The highest BCUT2D eigenvalue weighted by atomic mass is 35.5. The number of amides is 2. The van der Waals surface area contributed by atoms with Crippen LogP contribution in [0.5, 0.6) is 0 Å². The molecule has 0 saturated carbocycles. The SMILES string of the molecule is NC(=O)CSc1ccccc1NCC(=O)Nc1ccc(F)c(Cl)c1. The first-order valence-corrected chi connectivity index (χ1v) is 8.31. The van der Waals surface area contributed by atoms with E-state index in [1.165, 1.54) is 30.0 Å². The van der Waals surface area contributed by atoms with E-state index in [1.807, 2.05) is 18.2 Å². The number of thioether (sulfide) groups is 1. The topological polar surface area (TPSA) is 84.2 Å². The molecular weight excluding hydrogens is 353 g/mol. The van der Waals surface area contributed by atoms with Crippen LogP contribution in [0.4, 0.5) is 15.8 Å². The van der Waals surface area contributed by atoms with Gasteiger partial charge >= 0.3 is 0 Å². The Hall–Kier alpha value is -2.25. The van der Waals surface area contributed by atoms with Crippen molar-refractivity contribution in [1.29, 1.82) is 0 Å². The Morgan fingerprint density at radius 2 is 1.96 bits per heavy atom. The van der Waals surface area contributed by atoms with Gasteiger partial charge in [-0.05, 0) is 30.3 Å². The number of para-hydroxylation sites is 1. The van der Waals surface area contributed by atoms with E-state index in [9.17, 15) is 14.0 Å². The van der Waals surface area contributed by atoms with Crippen molar-refractivity contribution in [3.05, 3.63) is 53.3 Å². The molecule has 2 aromatic carbocycles. The number of rotatable bonds is 7. The highest BCUT2D eigenvalue weighted by molar-refractivity contribution is 8.00. The molecule has 2 rings (SSSR count). The predicted molar refractivity (Wildman–Crippen MR) is 94.9 cm³/mol. The van der Waals surface area contributed by atoms with Crippen LogP contribution in [0, 0.1) is 5.82 Å². The summed E-state index contributed by atoms with van der Waals surface area (Å²) in [5, 5.41) is 5.55. The summed E-state index contributed by atoms with van der Waals surface area (Å²) in [5.41, 5.74) is 6.27. The summed E-state index contributed by atoms with van der Waals surface area (Å²) in [4.78, 5) is 23.7. The van der Waals surface area contributed by atoms with Crippen LogP contribution in [-0.4, -0.2) is 24.1 Å². The van der Waals surface area contributed by atoms with E-state index < -0.39 is 11.7 Å². The van der Waals surface area contributed by atoms with Crippen molar-refractivity contribution in [2.75, 3.05) is 22.9 Å². The van der Waals surface area contributed by atoms with Crippen LogP contribution in [-0.2, 0) is 9.59 Å². The number of nitrogens with two attached hydrogens (primary N) is 1. The second-order valence-electron chi connectivity index (χ2n) is 4.78. The first-order chi connectivity index (χ1) is 11.5. The highest BCUT2D eigenvalue weighted by Crippen LogP contribution is 2.26. The molecule has 0 unspecified atom stereocenters. The van der Waals surface area contributed by atoms with Gasteiger partial charge in [0.05, 0.1) is 17.3 Å². The van der Waals surface area contributed by atoms with Crippen LogP contribution in [0.3, 0.4) is 0 Å². The fourth-order valence-electron chi connectivity index (χ4n) is 1.84. The molecule has 126 valence electrons. The molecule has 2 amide bonds. The molecule has 0 aliphatic rings. The smallest absolute Gasteiger partial charge is 0.243 e. The van der Waals surface area contributed by atoms with E-state index in [2.05, 4.69) is 10.6 Å². The zero-order valence-electron chi connectivity index (χ0n) is 12.5. The Balaban J connectivity index is 1.94. The van der Waals surface area contributed by atoms with E-state index in [4.69, 9.17) is 17.3 Å². The molecule has 2 aromatic rings. The predicted octanol–water partition coefficient (Wildman–Crippen LogP) is 3.11. The standard InChI is InChI=1S/C16H15ClFN3O2S/c17-11-7-10(5-6-12(11)18)21-16(23)8-20-13-3-1-2-4-14(13)24-9-15(19)22/h1-7,20H,8-9H2,(H2,19,22)(H,21,23). The second-order valence-corrected chi connectivity index (χ2v) is 6.21. The van der Waals surface area contributed by atoms with Gasteiger partial charge in [0.2, 0.25) is 11.8 Å². The quantitative estimate of drug-likeness (QED) is 0.656. The second kappa shape index (κ2) is 8.56. The third-order valence-electron chi connectivity index (χ3n) is 2.90. The first-order valence-electron chi connectivity index (χ1n) is 6.94. The molecule has 8 heteroatoms. The number of hydrogen-bond acceptors (Lipinski definition) is 4. The number of halogens is 2. The van der Waals surface area contributed by atoms with Gasteiger partial charge in [0.25, 0.3) is 0 Å². The van der Waals surface area contributed by atoms with Crippen LogP contribution < -0.4 is 16.4 Å². The van der Waals surface area contributed by atoms with Gasteiger partial charge in [-0.3, -0.25) is 9.59 Å². The lowest BCUT2D eigenvalue weighted by Crippen LogP contribution is -2.22. The van der Waals surface area contributed by atoms with E-state index in [1.54, 1.807) is 6.07 Å². The molecule has 24 heavy (non-hydrogen) atoms. The molecule has 0 aliphatic heterocycles. The van der Waals surface area contributed by atoms with Gasteiger partial charge in [0, 0.05) is 16.3 Å². The number of carbonyl (C=O) groups is 2. The van der Waals surface area contributed by atoms with Crippen LogP contribution in [0.2, 0.25) is 5.02 Å². The minimum absolute atomic E-state index is 0.00312. The zero-order chi connectivity index (χ0) is 17.5. The lowest BCUT2D eigenvalue weighted by atomic mass is 10.3. The molecule has 0 aliphatic carbocycles. The van der Waals surface area contributed by atoms with Gasteiger partial charge in [-0.15, -0.1) is 11.8 Å². The van der Waals surface area contributed by atoms with Crippen LogP contribution >= 0.6 is 23.4 Å². The minimum atomic E-state index is -0.548. The summed E-state index contributed by atoms with van der Waals surface area (Å²) in [5.74, 6) is -1.12. The molecule has 4 N–H and O–H groups in total. The number of nitrogens with one attached hydrogen (secondary N) is 2. The number of primary amides is 1. The van der Waals surface area contributed by atoms with E-state index in [0.717, 1.165) is 10.6 Å². The molecule has 0 spiro atoms. The van der Waals surface area contributed by atoms with Gasteiger partial charge in [-0.25, -0.2) is 4.39 Å². The molecule has 0 bridgehead atoms. The van der Waals surface area contributed by atoms with Gasteiger partial charge < -0.3 is 16.4 Å². The van der Waals surface area contributed by atoms with Crippen molar-refractivity contribution in [3.8, 4) is 0 Å². The third-order valence-corrected chi connectivity index (χ3v) is 4.29. The fraction of sp³-hybridized carbons (Fsp3) is 0.125. The molecule has 0 heterocycles. The molecular formula is C16H15ClFN3O2S. The van der Waals surface area contributed by atoms with E-state index in [0.29, 0.717) is 5.69 Å². The molecule has 5 nitrogen and oxygen atoms in total. The maximum absolute atomic E-state index is 13.1. The van der Waals surface area contributed by atoms with Crippen molar-refractivity contribution in [2.45, 2.75) is 4.90 Å². The van der Waals surface area contributed by atoms with Gasteiger partial charge in [-0.2, -0.15) is 0 Å². The largest absolute Gasteiger partial charge is 0.375 e. The van der Waals surface area contributed by atoms with Gasteiger partial charge in [0.1, 0.15) is 5.82 Å². The van der Waals surface area contributed by atoms with E-state index >= 15 is 0 Å². The summed E-state index contributed by atoms with van der Waals surface area (Å²) >= 11 is 6.96. The number of hydrogen-bond donors (Lipinski definition) is 3. The molecule has 0 saturated heterocycles. The Bertz CT molecular complexity index is 758. The van der Waals surface area contributed by atoms with Crippen LogP contribution in [0.1, 0.15) is 0 Å². The summed E-state index contributed by atoms with van der Waals surface area (Å²) in [6.45, 7) is 0.00312. The lowest BCUT2D eigenvalue weighted by molar-refractivity contribution is -0.116. The summed E-state index contributed by atoms with van der Waals surface area (Å²) < 4.78 is 13.1. The van der Waals surface area contributed by atoms with Crippen molar-refractivity contribution < 1.29 is 14.0 Å². The summed E-state index contributed by atoms with van der Waals surface area (Å²) in [7, 11) is 0. The average molecular weight is 368 g/mol. The molecule has 0 radical (unpaired) electrons. The van der Waals surface area contributed by atoms with Gasteiger partial charge in [-0.1, -0.05) is 23.7 Å². The maximum atomic E-state index is 13.1. The first kappa shape index (κ1) is 18.1. The Labute approximate surface area is 147 Å². The van der Waals surface area contributed by atoms with Crippen LogP contribution in [0.25, 0.3) is 0 Å². The Morgan fingerprint density at radius 3 is 2.67 bits per heavy atom. The normalized spacial score (nSPS) is 10.2. The van der Waals surface area contributed by atoms with Gasteiger partial charge in [0.15, 0.2) is 0 Å². The van der Waals surface area contributed by atoms with Crippen molar-refractivity contribution in [3.63, 3.8) is 0 Å². The summed E-state index contributed by atoms with van der Waals surface area (Å²) in [6, 6.07) is 11.2. The van der Waals surface area contributed by atoms with E-state index in [-0.39, 0.29) is 23.2 Å². The fourth-order valence-corrected chi connectivity index (χ4v) is 2.79. The van der Waals surface area contributed by atoms with Crippen LogP contribution in [0.15, 0.2) is 47.4 Å². The number of anilines is 2.